The van der Waals surface area contributed by atoms with E-state index in [0.717, 1.165) is 12.1 Å². The van der Waals surface area contributed by atoms with Crippen LogP contribution in [0.15, 0.2) is 29.3 Å². The number of nitrogens with one attached hydrogen (secondary N) is 2. The zero-order chi connectivity index (χ0) is 16.2. The molecule has 0 saturated carbocycles. The molecule has 0 amide bonds. The molecule has 0 unspecified atom stereocenters. The van der Waals surface area contributed by atoms with E-state index < -0.39 is 13.0 Å². The van der Waals surface area contributed by atoms with E-state index in [1.165, 1.54) is 0 Å². The quantitative estimate of drug-likeness (QED) is 0.266. The van der Waals surface area contributed by atoms with Crippen molar-refractivity contribution >= 4 is 35.6 Å². The van der Waals surface area contributed by atoms with Crippen molar-refractivity contribution in [1.82, 2.24) is 5.32 Å². The summed E-state index contributed by atoms with van der Waals surface area (Å²) >= 11 is 0. The second-order valence-electron chi connectivity index (χ2n) is 4.46. The summed E-state index contributed by atoms with van der Waals surface area (Å²) in [4.78, 5) is 3.81. The van der Waals surface area contributed by atoms with Crippen LogP contribution < -0.4 is 15.4 Å². The number of aliphatic imine (C=N–C) groups is 1. The number of halogens is 3. The molecule has 0 atom stereocenters. The largest absolute Gasteiger partial charge is 0.493 e. The van der Waals surface area contributed by atoms with Crippen LogP contribution in [0.5, 0.6) is 5.75 Å². The number of alkyl halides is 2. The molecule has 5 nitrogen and oxygen atoms in total. The van der Waals surface area contributed by atoms with Crippen LogP contribution in [0, 0.1) is 0 Å². The van der Waals surface area contributed by atoms with Crippen LogP contribution in [0.3, 0.4) is 0 Å². The van der Waals surface area contributed by atoms with E-state index in [2.05, 4.69) is 15.6 Å². The number of methoxy groups -OCH3 is 1. The van der Waals surface area contributed by atoms with Gasteiger partial charge in [-0.25, -0.2) is 13.8 Å². The van der Waals surface area contributed by atoms with Crippen LogP contribution in [0.2, 0.25) is 0 Å². The molecule has 2 N–H and O–H groups in total. The van der Waals surface area contributed by atoms with Gasteiger partial charge in [-0.1, -0.05) is 6.07 Å². The van der Waals surface area contributed by atoms with Gasteiger partial charge in [-0.3, -0.25) is 0 Å². The average Bonchev–Trinajstić information content (AvgIpc) is 2.50. The highest BCUT2D eigenvalue weighted by Gasteiger charge is 2.04. The molecule has 0 spiro atoms. The fourth-order valence-electron chi connectivity index (χ4n) is 1.66. The van der Waals surface area contributed by atoms with Gasteiger partial charge in [0.1, 0.15) is 12.3 Å². The van der Waals surface area contributed by atoms with Gasteiger partial charge in [0.2, 0.25) is 0 Å². The van der Waals surface area contributed by atoms with Gasteiger partial charge in [-0.2, -0.15) is 0 Å². The molecule has 132 valence electrons. The van der Waals surface area contributed by atoms with Crippen molar-refractivity contribution in [3.63, 3.8) is 0 Å². The zero-order valence-electron chi connectivity index (χ0n) is 13.4. The summed E-state index contributed by atoms with van der Waals surface area (Å²) in [7, 11) is 1.64. The Labute approximate surface area is 152 Å². The van der Waals surface area contributed by atoms with Gasteiger partial charge in [0.05, 0.1) is 6.61 Å². The van der Waals surface area contributed by atoms with Gasteiger partial charge in [0, 0.05) is 38.4 Å². The number of nitrogens with zero attached hydrogens (tertiary/aromatic N) is 1. The van der Waals surface area contributed by atoms with Crippen molar-refractivity contribution in [2.24, 2.45) is 4.99 Å². The van der Waals surface area contributed by atoms with Gasteiger partial charge >= 0.3 is 0 Å². The molecule has 1 aromatic rings. The van der Waals surface area contributed by atoms with Crippen LogP contribution in [-0.2, 0) is 4.74 Å². The lowest BCUT2D eigenvalue weighted by molar-refractivity contribution is 0.158. The number of rotatable bonds is 9. The van der Waals surface area contributed by atoms with E-state index in [1.807, 2.05) is 25.1 Å². The first-order valence-corrected chi connectivity index (χ1v) is 7.21. The van der Waals surface area contributed by atoms with E-state index >= 15 is 0 Å². The fourth-order valence-corrected chi connectivity index (χ4v) is 1.66. The first-order valence-electron chi connectivity index (χ1n) is 7.21. The number of hydrogen-bond acceptors (Lipinski definition) is 3. The van der Waals surface area contributed by atoms with Crippen molar-refractivity contribution in [3.8, 4) is 5.75 Å². The third kappa shape index (κ3) is 10.3. The molecular weight excluding hydrogens is 419 g/mol. The molecule has 0 saturated heterocycles. The SMILES string of the molecule is CCNC(=NCC(F)F)Nc1cccc(OCCCOC)c1.I. The Hall–Kier alpha value is -1.16. The topological polar surface area (TPSA) is 54.9 Å². The summed E-state index contributed by atoms with van der Waals surface area (Å²) in [5.74, 6) is 1.02. The van der Waals surface area contributed by atoms with Gasteiger partial charge in [0.15, 0.2) is 5.96 Å². The van der Waals surface area contributed by atoms with Crippen LogP contribution in [0.1, 0.15) is 13.3 Å². The van der Waals surface area contributed by atoms with Crippen molar-refractivity contribution in [3.05, 3.63) is 24.3 Å². The van der Waals surface area contributed by atoms with Gasteiger partial charge in [0.25, 0.3) is 6.43 Å². The molecule has 0 aliphatic carbocycles. The Kier molecular flexibility index (Phi) is 12.6. The molecule has 0 aliphatic rings. The summed E-state index contributed by atoms with van der Waals surface area (Å²) < 4.78 is 35.0. The summed E-state index contributed by atoms with van der Waals surface area (Å²) in [6.07, 6.45) is -1.67. The molecule has 0 heterocycles. The van der Waals surface area contributed by atoms with E-state index in [1.54, 1.807) is 13.2 Å². The summed E-state index contributed by atoms with van der Waals surface area (Å²) in [5, 5.41) is 5.89. The van der Waals surface area contributed by atoms with Crippen LogP contribution in [0.4, 0.5) is 14.5 Å². The number of hydrogen-bond donors (Lipinski definition) is 2. The van der Waals surface area contributed by atoms with Crippen LogP contribution >= 0.6 is 24.0 Å². The van der Waals surface area contributed by atoms with Crippen LogP contribution in [-0.4, -0.2) is 45.8 Å². The predicted molar refractivity (Wildman–Crippen MR) is 99.5 cm³/mol. The lowest BCUT2D eigenvalue weighted by Crippen LogP contribution is -2.31. The standard InChI is InChI=1S/C15H23F2N3O2.HI/c1-3-18-15(19-11-14(16)17)20-12-6-4-7-13(10-12)22-9-5-8-21-2;/h4,6-7,10,14H,3,5,8-9,11H2,1-2H3,(H2,18,19,20);1H. The number of benzene rings is 1. The predicted octanol–water partition coefficient (Wildman–Crippen LogP) is 3.36. The normalized spacial score (nSPS) is 11.1. The maximum absolute atomic E-state index is 12.2. The Morgan fingerprint density at radius 1 is 1.30 bits per heavy atom. The summed E-state index contributed by atoms with van der Waals surface area (Å²) in [5.41, 5.74) is 0.721. The number of guanidine groups is 1. The van der Waals surface area contributed by atoms with Gasteiger partial charge in [-0.05, 0) is 19.1 Å². The number of ether oxygens (including phenoxy) is 2. The van der Waals surface area contributed by atoms with E-state index in [9.17, 15) is 8.78 Å². The van der Waals surface area contributed by atoms with Crippen molar-refractivity contribution < 1.29 is 18.3 Å². The molecular formula is C15H24F2IN3O2. The van der Waals surface area contributed by atoms with E-state index in [-0.39, 0.29) is 24.0 Å². The highest BCUT2D eigenvalue weighted by Crippen LogP contribution is 2.17. The summed E-state index contributed by atoms with van der Waals surface area (Å²) in [6, 6.07) is 7.27. The van der Waals surface area contributed by atoms with E-state index in [4.69, 9.17) is 9.47 Å². The zero-order valence-corrected chi connectivity index (χ0v) is 15.7. The molecule has 1 aromatic carbocycles. The van der Waals surface area contributed by atoms with E-state index in [0.29, 0.717) is 31.5 Å². The second kappa shape index (κ2) is 13.3. The van der Waals surface area contributed by atoms with Crippen molar-refractivity contribution in [2.75, 3.05) is 38.7 Å². The highest BCUT2D eigenvalue weighted by atomic mass is 127. The minimum atomic E-state index is -2.47. The smallest absolute Gasteiger partial charge is 0.257 e. The maximum Gasteiger partial charge on any atom is 0.257 e. The summed E-state index contributed by atoms with van der Waals surface area (Å²) in [6.45, 7) is 3.11. The molecule has 0 aliphatic heterocycles. The lowest BCUT2D eigenvalue weighted by Gasteiger charge is -2.12. The Morgan fingerprint density at radius 3 is 2.74 bits per heavy atom. The fraction of sp³-hybridized carbons (Fsp3) is 0.533. The monoisotopic (exact) mass is 443 g/mol. The highest BCUT2D eigenvalue weighted by molar-refractivity contribution is 14.0. The van der Waals surface area contributed by atoms with Crippen molar-refractivity contribution in [1.29, 1.82) is 0 Å². The number of anilines is 1. The molecule has 0 aromatic heterocycles. The average molecular weight is 443 g/mol. The third-order valence-electron chi connectivity index (χ3n) is 2.59. The van der Waals surface area contributed by atoms with Crippen LogP contribution in [0.25, 0.3) is 0 Å². The third-order valence-corrected chi connectivity index (χ3v) is 2.59. The molecule has 0 bridgehead atoms. The molecule has 0 fully saturated rings. The molecule has 1 rings (SSSR count). The Bertz CT molecular complexity index is 462. The Morgan fingerprint density at radius 2 is 2.09 bits per heavy atom. The van der Waals surface area contributed by atoms with Gasteiger partial charge < -0.3 is 20.1 Å². The molecule has 8 heteroatoms. The molecule has 0 radical (unpaired) electrons. The minimum absolute atomic E-state index is 0. The maximum atomic E-state index is 12.2. The second-order valence-corrected chi connectivity index (χ2v) is 4.46. The lowest BCUT2D eigenvalue weighted by atomic mass is 10.3. The molecule has 23 heavy (non-hydrogen) atoms. The minimum Gasteiger partial charge on any atom is -0.493 e. The Balaban J connectivity index is 0.00000484. The van der Waals surface area contributed by atoms with Gasteiger partial charge in [-0.15, -0.1) is 24.0 Å². The first-order chi connectivity index (χ1) is 10.7. The van der Waals surface area contributed by atoms with Crippen molar-refractivity contribution in [2.45, 2.75) is 19.8 Å². The first kappa shape index (κ1) is 21.8.